The lowest BCUT2D eigenvalue weighted by atomic mass is 10.1. The van der Waals surface area contributed by atoms with Crippen molar-refractivity contribution in [2.75, 3.05) is 17.3 Å². The number of aromatic nitrogens is 1. The molecule has 0 saturated carbocycles. The molecule has 2 heterocycles. The number of anilines is 1. The normalized spacial score (nSPS) is 13.7. The number of hydrogen-bond donors (Lipinski definition) is 0. The molecule has 4 nitrogen and oxygen atoms in total. The van der Waals surface area contributed by atoms with E-state index in [0.717, 1.165) is 21.8 Å². The Morgan fingerprint density at radius 1 is 1.03 bits per heavy atom. The molecule has 0 unspecified atom stereocenters. The van der Waals surface area contributed by atoms with Crippen LogP contribution in [-0.2, 0) is 16.1 Å². The van der Waals surface area contributed by atoms with Gasteiger partial charge in [-0.25, -0.2) is 9.37 Å². The lowest BCUT2D eigenvalue weighted by molar-refractivity contribution is -0.118. The summed E-state index contributed by atoms with van der Waals surface area (Å²) < 4.78 is 19.2. The van der Waals surface area contributed by atoms with Crippen molar-refractivity contribution in [1.82, 2.24) is 4.98 Å². The van der Waals surface area contributed by atoms with Crippen molar-refractivity contribution in [3.63, 3.8) is 0 Å². The van der Waals surface area contributed by atoms with Crippen molar-refractivity contribution >= 4 is 28.4 Å². The Balaban J connectivity index is 1.74. The smallest absolute Gasteiger partial charge is 0.296 e. The monoisotopic (exact) mass is 406 g/mol. The van der Waals surface area contributed by atoms with Gasteiger partial charge < -0.3 is 4.74 Å². The summed E-state index contributed by atoms with van der Waals surface area (Å²) >= 11 is 1.61. The highest BCUT2D eigenvalue weighted by Gasteiger charge is 2.28. The first-order valence-corrected chi connectivity index (χ1v) is 10.2. The predicted molar refractivity (Wildman–Crippen MR) is 114 cm³/mol. The summed E-state index contributed by atoms with van der Waals surface area (Å²) in [6, 6.07) is 21.3. The van der Waals surface area contributed by atoms with Crippen LogP contribution in [0.2, 0.25) is 0 Å². The Hall–Kier alpha value is -3.12. The molecule has 0 radical (unpaired) electrons. The van der Waals surface area contributed by atoms with Crippen molar-refractivity contribution in [1.29, 1.82) is 0 Å². The number of halogens is 1. The Labute approximate surface area is 173 Å². The summed E-state index contributed by atoms with van der Waals surface area (Å²) in [5, 5.41) is 0. The summed E-state index contributed by atoms with van der Waals surface area (Å²) in [5.74, 6) is 1.04. The van der Waals surface area contributed by atoms with Crippen LogP contribution in [0.15, 0.2) is 84.8 Å². The highest BCUT2D eigenvalue weighted by atomic mass is 32.2. The summed E-state index contributed by atoms with van der Waals surface area (Å²) in [6.07, 6.45) is 1.64. The number of thioether (sulfide) groups is 1. The molecule has 6 heteroatoms. The molecule has 146 valence electrons. The topological polar surface area (TPSA) is 42.4 Å². The second-order valence-electron chi connectivity index (χ2n) is 6.43. The fourth-order valence-electron chi connectivity index (χ4n) is 3.05. The van der Waals surface area contributed by atoms with Crippen molar-refractivity contribution in [3.05, 3.63) is 102 Å². The fourth-order valence-corrected chi connectivity index (χ4v) is 4.00. The molecular weight excluding hydrogens is 387 g/mol. The van der Waals surface area contributed by atoms with Gasteiger partial charge in [-0.15, -0.1) is 11.8 Å². The number of hydrogen-bond acceptors (Lipinski definition) is 4. The van der Waals surface area contributed by atoms with E-state index < -0.39 is 0 Å². The number of nitrogens with zero attached hydrogens (tertiary/aromatic N) is 2. The van der Waals surface area contributed by atoms with Gasteiger partial charge in [0.25, 0.3) is 5.91 Å². The molecule has 3 aromatic rings. The van der Waals surface area contributed by atoms with Gasteiger partial charge in [0.05, 0.1) is 18.1 Å². The average Bonchev–Trinajstić information content (AvgIpc) is 2.79. The second-order valence-corrected chi connectivity index (χ2v) is 7.53. The van der Waals surface area contributed by atoms with Gasteiger partial charge >= 0.3 is 0 Å². The zero-order valence-corrected chi connectivity index (χ0v) is 16.4. The van der Waals surface area contributed by atoms with Crippen LogP contribution in [0.4, 0.5) is 10.2 Å². The maximum Gasteiger partial charge on any atom is 0.296 e. The van der Waals surface area contributed by atoms with Crippen LogP contribution in [0, 0.1) is 5.82 Å². The highest BCUT2D eigenvalue weighted by Crippen LogP contribution is 2.36. The zero-order chi connectivity index (χ0) is 20.1. The molecule has 2 aromatic carbocycles. The first-order valence-electron chi connectivity index (χ1n) is 9.25. The predicted octanol–water partition coefficient (Wildman–Crippen LogP) is 4.89. The molecule has 0 spiro atoms. The van der Waals surface area contributed by atoms with Crippen LogP contribution in [0.5, 0.6) is 0 Å². The van der Waals surface area contributed by atoms with Crippen LogP contribution in [-0.4, -0.2) is 23.3 Å². The molecule has 0 aliphatic carbocycles. The van der Waals surface area contributed by atoms with E-state index >= 15 is 0 Å². The third-order valence-corrected chi connectivity index (χ3v) is 5.52. The number of carbonyl (C=O) groups is 1. The first kappa shape index (κ1) is 19.2. The van der Waals surface area contributed by atoms with Crippen LogP contribution >= 0.6 is 11.8 Å². The fraction of sp³-hybridized carbons (Fsp3) is 0.130. The van der Waals surface area contributed by atoms with Gasteiger partial charge in [0.15, 0.2) is 5.76 Å². The third kappa shape index (κ3) is 4.49. The zero-order valence-electron chi connectivity index (χ0n) is 15.6. The number of ether oxygens (including phenoxy) is 1. The van der Waals surface area contributed by atoms with Crippen LogP contribution in [0.1, 0.15) is 11.1 Å². The molecule has 1 aliphatic heterocycles. The molecule has 0 saturated heterocycles. The molecule has 0 atom stereocenters. The van der Waals surface area contributed by atoms with Gasteiger partial charge in [-0.1, -0.05) is 48.5 Å². The molecule has 0 N–H and O–H groups in total. The van der Waals surface area contributed by atoms with E-state index in [1.807, 2.05) is 36.4 Å². The van der Waals surface area contributed by atoms with Gasteiger partial charge in [0.1, 0.15) is 11.6 Å². The van der Waals surface area contributed by atoms with Gasteiger partial charge in [0.2, 0.25) is 0 Å². The largest absolute Gasteiger partial charge is 0.486 e. The number of rotatable bonds is 5. The maximum atomic E-state index is 13.6. The summed E-state index contributed by atoms with van der Waals surface area (Å²) in [7, 11) is 0. The van der Waals surface area contributed by atoms with Crippen LogP contribution < -0.4 is 4.90 Å². The quantitative estimate of drug-likeness (QED) is 0.605. The first-order chi connectivity index (χ1) is 14.2. The van der Waals surface area contributed by atoms with E-state index in [1.165, 1.54) is 12.1 Å². The van der Waals surface area contributed by atoms with Crippen molar-refractivity contribution in [3.8, 4) is 0 Å². The molecule has 4 rings (SSSR count). The SMILES string of the molecule is O=C(C1=C(c2ccccc2)SCCO1)N(Cc1ccc(F)cc1)c1ccccn1. The maximum absolute atomic E-state index is 13.6. The number of carbonyl (C=O) groups excluding carboxylic acids is 1. The molecule has 0 fully saturated rings. The van der Waals surface area contributed by atoms with Crippen molar-refractivity contribution in [2.45, 2.75) is 6.54 Å². The third-order valence-electron chi connectivity index (χ3n) is 4.44. The van der Waals surface area contributed by atoms with E-state index in [0.29, 0.717) is 18.2 Å². The summed E-state index contributed by atoms with van der Waals surface area (Å²) in [5.41, 5.74) is 1.75. The Bertz CT molecular complexity index is 1010. The summed E-state index contributed by atoms with van der Waals surface area (Å²) in [4.78, 5) is 20.3. The van der Waals surface area contributed by atoms with Gasteiger partial charge in [-0.2, -0.15) is 0 Å². The number of amides is 1. The van der Waals surface area contributed by atoms with Crippen LogP contribution in [0.25, 0.3) is 4.91 Å². The van der Waals surface area contributed by atoms with Crippen molar-refractivity contribution in [2.24, 2.45) is 0 Å². The Morgan fingerprint density at radius 3 is 2.52 bits per heavy atom. The van der Waals surface area contributed by atoms with Crippen molar-refractivity contribution < 1.29 is 13.9 Å². The standard InChI is InChI=1S/C23H19FN2O2S/c24-19-11-9-17(10-12-19)16-26(20-8-4-5-13-25-20)23(27)21-22(29-15-14-28-21)18-6-2-1-3-7-18/h1-13H,14-16H2. The Kier molecular flexibility index (Phi) is 5.91. The Morgan fingerprint density at radius 2 is 1.79 bits per heavy atom. The number of benzene rings is 2. The molecule has 1 amide bonds. The van der Waals surface area contributed by atoms with E-state index in [4.69, 9.17) is 4.74 Å². The average molecular weight is 406 g/mol. The lowest BCUT2D eigenvalue weighted by Gasteiger charge is -2.27. The highest BCUT2D eigenvalue weighted by molar-refractivity contribution is 8.08. The minimum atomic E-state index is -0.314. The van der Waals surface area contributed by atoms with Gasteiger partial charge in [0, 0.05) is 11.9 Å². The van der Waals surface area contributed by atoms with E-state index in [-0.39, 0.29) is 18.3 Å². The lowest BCUT2D eigenvalue weighted by Crippen LogP contribution is -2.34. The molecule has 0 bridgehead atoms. The van der Waals surface area contributed by atoms with Crippen LogP contribution in [0.3, 0.4) is 0 Å². The second kappa shape index (κ2) is 8.92. The molecule has 29 heavy (non-hydrogen) atoms. The minimum Gasteiger partial charge on any atom is -0.486 e. The van der Waals surface area contributed by atoms with Gasteiger partial charge in [-0.3, -0.25) is 9.69 Å². The van der Waals surface area contributed by atoms with E-state index in [9.17, 15) is 9.18 Å². The van der Waals surface area contributed by atoms with E-state index in [1.54, 1.807) is 47.1 Å². The summed E-state index contributed by atoms with van der Waals surface area (Å²) in [6.45, 7) is 0.727. The molecular formula is C23H19FN2O2S. The minimum absolute atomic E-state index is 0.260. The van der Waals surface area contributed by atoms with E-state index in [2.05, 4.69) is 4.98 Å². The van der Waals surface area contributed by atoms with Gasteiger partial charge in [-0.05, 0) is 35.4 Å². The molecule has 1 aliphatic rings. The molecule has 1 aromatic heterocycles. The number of pyridine rings is 1.